The number of aromatic amines is 1. The zero-order valence-corrected chi connectivity index (χ0v) is 8.82. The Hall–Kier alpha value is -0.830. The van der Waals surface area contributed by atoms with Gasteiger partial charge in [0.1, 0.15) is 5.82 Å². The highest BCUT2D eigenvalue weighted by atomic mass is 15.1. The lowest BCUT2D eigenvalue weighted by Crippen LogP contribution is -2.23. The first-order valence-corrected chi connectivity index (χ1v) is 6.15. The van der Waals surface area contributed by atoms with Gasteiger partial charge in [-0.1, -0.05) is 0 Å². The number of fused-ring (bicyclic) bond motifs is 5. The molecule has 80 valence electrons. The smallest absolute Gasteiger partial charge is 0.120 e. The molecule has 0 saturated heterocycles. The summed E-state index contributed by atoms with van der Waals surface area (Å²) in [5.74, 6) is 5.26. The number of imidazole rings is 1. The molecule has 2 N–H and O–H groups in total. The Morgan fingerprint density at radius 2 is 2.13 bits per heavy atom. The zero-order valence-electron chi connectivity index (χ0n) is 8.82. The van der Waals surface area contributed by atoms with E-state index in [1.807, 2.05) is 12.4 Å². The van der Waals surface area contributed by atoms with Crippen LogP contribution in [0.5, 0.6) is 0 Å². The van der Waals surface area contributed by atoms with Crippen LogP contribution in [-0.2, 0) is 6.54 Å². The van der Waals surface area contributed by atoms with Gasteiger partial charge in [0.15, 0.2) is 0 Å². The SMILES string of the molecule is c1c[nH]c(CNC2C3C4CCC(C4)C23)n1. The van der Waals surface area contributed by atoms with Crippen molar-refractivity contribution in [3.8, 4) is 0 Å². The van der Waals surface area contributed by atoms with Crippen LogP contribution in [0.4, 0.5) is 0 Å². The molecular weight excluding hydrogens is 186 g/mol. The number of H-pyrrole nitrogens is 1. The molecule has 0 amide bonds. The van der Waals surface area contributed by atoms with E-state index >= 15 is 0 Å². The topological polar surface area (TPSA) is 40.7 Å². The van der Waals surface area contributed by atoms with Gasteiger partial charge in [0.05, 0.1) is 6.54 Å². The van der Waals surface area contributed by atoms with Crippen LogP contribution >= 0.6 is 0 Å². The van der Waals surface area contributed by atoms with Crippen molar-refractivity contribution in [3.63, 3.8) is 0 Å². The normalized spacial score (nSPS) is 45.7. The van der Waals surface area contributed by atoms with Gasteiger partial charge in [-0.3, -0.25) is 0 Å². The highest BCUT2D eigenvalue weighted by Crippen LogP contribution is 2.65. The van der Waals surface area contributed by atoms with E-state index < -0.39 is 0 Å². The Morgan fingerprint density at radius 1 is 1.33 bits per heavy atom. The molecular formula is C12H17N3. The van der Waals surface area contributed by atoms with E-state index in [-0.39, 0.29) is 0 Å². The molecule has 0 spiro atoms. The first-order valence-electron chi connectivity index (χ1n) is 6.15. The van der Waals surface area contributed by atoms with Gasteiger partial charge < -0.3 is 10.3 Å². The molecule has 3 nitrogen and oxygen atoms in total. The standard InChI is InChI=1S/C12H17N3/c1-2-8-5-7(1)10-11(8)12(10)15-6-9-13-3-4-14-9/h3-4,7-8,10-12,15H,1-2,5-6H2,(H,13,14). The second kappa shape index (κ2) is 2.85. The van der Waals surface area contributed by atoms with Crippen molar-refractivity contribution >= 4 is 0 Å². The van der Waals surface area contributed by atoms with E-state index in [0.29, 0.717) is 0 Å². The minimum absolute atomic E-state index is 0.821. The molecule has 2 bridgehead atoms. The lowest BCUT2D eigenvalue weighted by molar-refractivity contribution is 0.456. The monoisotopic (exact) mass is 203 g/mol. The van der Waals surface area contributed by atoms with Crippen molar-refractivity contribution < 1.29 is 0 Å². The van der Waals surface area contributed by atoms with Crippen LogP contribution in [0.2, 0.25) is 0 Å². The Bertz CT molecular complexity index is 343. The van der Waals surface area contributed by atoms with E-state index in [9.17, 15) is 0 Å². The number of rotatable bonds is 3. The van der Waals surface area contributed by atoms with Gasteiger partial charge in [-0.05, 0) is 42.9 Å². The van der Waals surface area contributed by atoms with E-state index in [0.717, 1.165) is 42.1 Å². The first kappa shape index (κ1) is 8.34. The lowest BCUT2D eigenvalue weighted by atomic mass is 10.0. The van der Waals surface area contributed by atoms with Crippen molar-refractivity contribution in [1.29, 1.82) is 0 Å². The second-order valence-electron chi connectivity index (χ2n) is 5.43. The van der Waals surface area contributed by atoms with Gasteiger partial charge in [-0.2, -0.15) is 0 Å². The number of nitrogens with one attached hydrogen (secondary N) is 2. The van der Waals surface area contributed by atoms with E-state index in [1.54, 1.807) is 0 Å². The highest BCUT2D eigenvalue weighted by molar-refractivity contribution is 5.16. The van der Waals surface area contributed by atoms with Gasteiger partial charge in [-0.25, -0.2) is 4.98 Å². The molecule has 3 fully saturated rings. The maximum Gasteiger partial charge on any atom is 0.120 e. The molecule has 3 aliphatic rings. The summed E-state index contributed by atoms with van der Waals surface area (Å²) in [6.07, 6.45) is 8.27. The Balaban J connectivity index is 1.39. The molecule has 3 aliphatic carbocycles. The summed E-state index contributed by atoms with van der Waals surface area (Å²) in [6.45, 7) is 0.921. The van der Waals surface area contributed by atoms with Gasteiger partial charge in [0, 0.05) is 18.4 Å². The van der Waals surface area contributed by atoms with Crippen LogP contribution in [-0.4, -0.2) is 16.0 Å². The molecule has 3 heteroatoms. The number of hydrogen-bond donors (Lipinski definition) is 2. The van der Waals surface area contributed by atoms with Crippen molar-refractivity contribution in [3.05, 3.63) is 18.2 Å². The second-order valence-corrected chi connectivity index (χ2v) is 5.43. The van der Waals surface area contributed by atoms with Crippen molar-refractivity contribution in [2.75, 3.05) is 0 Å². The van der Waals surface area contributed by atoms with Crippen LogP contribution in [0.15, 0.2) is 12.4 Å². The Morgan fingerprint density at radius 3 is 2.80 bits per heavy atom. The predicted molar refractivity (Wildman–Crippen MR) is 57.0 cm³/mol. The van der Waals surface area contributed by atoms with Gasteiger partial charge >= 0.3 is 0 Å². The first-order chi connectivity index (χ1) is 7.43. The molecule has 3 saturated carbocycles. The van der Waals surface area contributed by atoms with E-state index in [2.05, 4.69) is 15.3 Å². The lowest BCUT2D eigenvalue weighted by Gasteiger charge is -2.09. The molecule has 1 aromatic heterocycles. The highest BCUT2D eigenvalue weighted by Gasteiger charge is 2.64. The van der Waals surface area contributed by atoms with Gasteiger partial charge in [0.25, 0.3) is 0 Å². The van der Waals surface area contributed by atoms with Crippen molar-refractivity contribution in [2.45, 2.75) is 31.8 Å². The number of aromatic nitrogens is 2. The molecule has 4 atom stereocenters. The summed E-state index contributed by atoms with van der Waals surface area (Å²) in [7, 11) is 0. The summed E-state index contributed by atoms with van der Waals surface area (Å²) >= 11 is 0. The fourth-order valence-corrected chi connectivity index (χ4v) is 4.21. The minimum atomic E-state index is 0.821. The molecule has 1 heterocycles. The summed E-state index contributed by atoms with van der Waals surface area (Å²) in [5, 5.41) is 3.67. The average Bonchev–Trinajstić information content (AvgIpc) is 2.72. The summed E-state index contributed by atoms with van der Waals surface area (Å²) in [5.41, 5.74) is 0. The van der Waals surface area contributed by atoms with Crippen LogP contribution in [0.3, 0.4) is 0 Å². The quantitative estimate of drug-likeness (QED) is 0.782. The average molecular weight is 203 g/mol. The van der Waals surface area contributed by atoms with Gasteiger partial charge in [0.2, 0.25) is 0 Å². The third kappa shape index (κ3) is 1.13. The fraction of sp³-hybridized carbons (Fsp3) is 0.750. The Kier molecular flexibility index (Phi) is 1.58. The molecule has 0 aliphatic heterocycles. The number of hydrogen-bond acceptors (Lipinski definition) is 2. The largest absolute Gasteiger partial charge is 0.348 e. The van der Waals surface area contributed by atoms with Crippen LogP contribution in [0, 0.1) is 23.7 Å². The summed E-state index contributed by atoms with van der Waals surface area (Å²) in [4.78, 5) is 7.40. The van der Waals surface area contributed by atoms with E-state index in [4.69, 9.17) is 0 Å². The molecule has 0 aromatic carbocycles. The third-order valence-corrected chi connectivity index (χ3v) is 4.80. The summed E-state index contributed by atoms with van der Waals surface area (Å²) < 4.78 is 0. The van der Waals surface area contributed by atoms with Crippen molar-refractivity contribution in [2.24, 2.45) is 23.7 Å². The molecule has 1 aromatic rings. The predicted octanol–water partition coefficient (Wildman–Crippen LogP) is 1.54. The van der Waals surface area contributed by atoms with Crippen LogP contribution in [0.1, 0.15) is 25.1 Å². The van der Waals surface area contributed by atoms with Gasteiger partial charge in [-0.15, -0.1) is 0 Å². The third-order valence-electron chi connectivity index (χ3n) is 4.80. The fourth-order valence-electron chi connectivity index (χ4n) is 4.21. The van der Waals surface area contributed by atoms with Crippen molar-refractivity contribution in [1.82, 2.24) is 15.3 Å². The van der Waals surface area contributed by atoms with Crippen LogP contribution < -0.4 is 5.32 Å². The molecule has 4 rings (SSSR count). The maximum atomic E-state index is 4.25. The number of nitrogens with zero attached hydrogens (tertiary/aromatic N) is 1. The molecule has 15 heavy (non-hydrogen) atoms. The minimum Gasteiger partial charge on any atom is -0.348 e. The molecule has 0 radical (unpaired) electrons. The van der Waals surface area contributed by atoms with Crippen LogP contribution in [0.25, 0.3) is 0 Å². The zero-order chi connectivity index (χ0) is 9.83. The molecule has 4 unspecified atom stereocenters. The van der Waals surface area contributed by atoms with E-state index in [1.165, 1.54) is 19.3 Å². The summed E-state index contributed by atoms with van der Waals surface area (Å²) in [6, 6.07) is 0.821. The Labute approximate surface area is 89.7 Å². The maximum absolute atomic E-state index is 4.25.